The molecule has 0 unspecified atom stereocenters. The van der Waals surface area contributed by atoms with Gasteiger partial charge in [-0.05, 0) is 29.7 Å². The zero-order valence-corrected chi connectivity index (χ0v) is 9.52. The lowest BCUT2D eigenvalue weighted by Crippen LogP contribution is -2.29. The van der Waals surface area contributed by atoms with Crippen molar-refractivity contribution in [3.05, 3.63) is 54.9 Å². The average Bonchev–Trinajstić information content (AvgIpc) is 2.41. The van der Waals surface area contributed by atoms with Crippen LogP contribution in [0, 0.1) is 0 Å². The summed E-state index contributed by atoms with van der Waals surface area (Å²) in [7, 11) is 0.158. The zero-order valence-electron chi connectivity index (χ0n) is 9.52. The molecule has 0 radical (unpaired) electrons. The van der Waals surface area contributed by atoms with Gasteiger partial charge in [-0.1, -0.05) is 18.2 Å². The van der Waals surface area contributed by atoms with E-state index in [-0.39, 0.29) is 0 Å². The third kappa shape index (κ3) is 5.15. The summed E-state index contributed by atoms with van der Waals surface area (Å²) < 4.78 is 4.89. The lowest BCUT2D eigenvalue weighted by Gasteiger charge is -2.00. The molecule has 0 spiro atoms. The number of hydrogen-bond acceptors (Lipinski definition) is 4. The number of methoxy groups -OCH3 is 1. The van der Waals surface area contributed by atoms with Crippen molar-refractivity contribution < 1.29 is 14.8 Å². The predicted octanol–water partition coefficient (Wildman–Crippen LogP) is 0.457. The molecular formula is C12H14BNO3. The van der Waals surface area contributed by atoms with Crippen LogP contribution in [0.25, 0.3) is 0 Å². The number of nitrogens with zero attached hydrogens (tertiary/aromatic N) is 1. The minimum Gasteiger partial charge on any atom is -0.497 e. The Balaban J connectivity index is 0.000000202. The summed E-state index contributed by atoms with van der Waals surface area (Å²) in [4.78, 5) is 3.78. The summed E-state index contributed by atoms with van der Waals surface area (Å²) in [6.45, 7) is 0. The summed E-state index contributed by atoms with van der Waals surface area (Å²) >= 11 is 0. The van der Waals surface area contributed by atoms with Crippen LogP contribution in [0.1, 0.15) is 0 Å². The van der Waals surface area contributed by atoms with Gasteiger partial charge in [0.15, 0.2) is 0 Å². The highest BCUT2D eigenvalue weighted by atomic mass is 16.5. The van der Waals surface area contributed by atoms with Gasteiger partial charge in [-0.3, -0.25) is 4.98 Å². The van der Waals surface area contributed by atoms with E-state index >= 15 is 0 Å². The van der Waals surface area contributed by atoms with Gasteiger partial charge in [0.05, 0.1) is 7.11 Å². The van der Waals surface area contributed by atoms with Crippen molar-refractivity contribution in [3.63, 3.8) is 0 Å². The number of benzene rings is 1. The molecule has 1 aromatic carbocycles. The van der Waals surface area contributed by atoms with Crippen LogP contribution in [0.5, 0.6) is 5.75 Å². The maximum atomic E-state index is 8.70. The van der Waals surface area contributed by atoms with Crippen LogP contribution in [-0.4, -0.2) is 29.3 Å². The van der Waals surface area contributed by atoms with E-state index in [1.807, 2.05) is 18.2 Å². The standard InChI is InChI=1S/C7H9BO3.C5H5N/c1-11-7-4-2-6(3-5-7)8(9)10;1-2-4-6-5-3-1/h2-5,9-10H,1H3;1-5H. The Hall–Kier alpha value is -1.85. The summed E-state index contributed by atoms with van der Waals surface area (Å²) in [5.74, 6) is 0.703. The number of pyridine rings is 1. The van der Waals surface area contributed by atoms with Gasteiger partial charge in [-0.2, -0.15) is 0 Å². The third-order valence-electron chi connectivity index (χ3n) is 1.98. The van der Waals surface area contributed by atoms with Gasteiger partial charge in [0.25, 0.3) is 0 Å². The Morgan fingerprint density at radius 3 is 1.88 bits per heavy atom. The SMILES string of the molecule is COc1ccc(B(O)O)cc1.c1ccncc1. The second-order valence-corrected chi connectivity index (χ2v) is 3.17. The monoisotopic (exact) mass is 231 g/mol. The minimum atomic E-state index is -1.40. The van der Waals surface area contributed by atoms with Gasteiger partial charge >= 0.3 is 7.12 Å². The summed E-state index contributed by atoms with van der Waals surface area (Å²) in [5.41, 5.74) is 0.464. The minimum absolute atomic E-state index is 0.464. The molecular weight excluding hydrogens is 217 g/mol. The molecule has 0 saturated carbocycles. The Morgan fingerprint density at radius 1 is 1.00 bits per heavy atom. The molecule has 5 heteroatoms. The van der Waals surface area contributed by atoms with Crippen LogP contribution in [-0.2, 0) is 0 Å². The van der Waals surface area contributed by atoms with Crippen LogP contribution >= 0.6 is 0 Å². The molecule has 0 saturated heterocycles. The smallest absolute Gasteiger partial charge is 0.488 e. The highest BCUT2D eigenvalue weighted by Crippen LogP contribution is 2.05. The molecule has 2 N–H and O–H groups in total. The number of aromatic nitrogens is 1. The molecule has 4 nitrogen and oxygen atoms in total. The van der Waals surface area contributed by atoms with E-state index < -0.39 is 7.12 Å². The topological polar surface area (TPSA) is 62.6 Å². The lowest BCUT2D eigenvalue weighted by atomic mass is 9.80. The Labute approximate surface area is 101 Å². The molecule has 88 valence electrons. The molecule has 0 atom stereocenters. The van der Waals surface area contributed by atoms with Crippen molar-refractivity contribution in [1.82, 2.24) is 4.98 Å². The maximum Gasteiger partial charge on any atom is 0.488 e. The van der Waals surface area contributed by atoms with Crippen molar-refractivity contribution in [2.45, 2.75) is 0 Å². The quantitative estimate of drug-likeness (QED) is 0.737. The molecule has 1 aromatic heterocycles. The van der Waals surface area contributed by atoms with Crippen LogP contribution in [0.15, 0.2) is 54.9 Å². The predicted molar refractivity (Wildman–Crippen MR) is 67.1 cm³/mol. The first-order chi connectivity index (χ1) is 8.24. The Bertz CT molecular complexity index is 379. The fourth-order valence-electron chi connectivity index (χ4n) is 1.09. The summed E-state index contributed by atoms with van der Waals surface area (Å²) in [6.07, 6.45) is 3.50. The van der Waals surface area contributed by atoms with E-state index in [0.29, 0.717) is 11.2 Å². The maximum absolute atomic E-state index is 8.70. The van der Waals surface area contributed by atoms with Gasteiger partial charge in [0.2, 0.25) is 0 Å². The largest absolute Gasteiger partial charge is 0.497 e. The zero-order chi connectivity index (χ0) is 12.5. The van der Waals surface area contributed by atoms with E-state index in [2.05, 4.69) is 4.98 Å². The van der Waals surface area contributed by atoms with Crippen molar-refractivity contribution in [2.24, 2.45) is 0 Å². The van der Waals surface area contributed by atoms with Crippen molar-refractivity contribution in [1.29, 1.82) is 0 Å². The first-order valence-electron chi connectivity index (χ1n) is 5.09. The van der Waals surface area contributed by atoms with Gasteiger partial charge in [-0.25, -0.2) is 0 Å². The molecule has 1 heterocycles. The van der Waals surface area contributed by atoms with Gasteiger partial charge in [-0.15, -0.1) is 0 Å². The molecule has 0 fully saturated rings. The first kappa shape index (κ1) is 13.2. The second-order valence-electron chi connectivity index (χ2n) is 3.17. The number of rotatable bonds is 2. The highest BCUT2D eigenvalue weighted by molar-refractivity contribution is 6.58. The molecule has 0 amide bonds. The summed E-state index contributed by atoms with van der Waals surface area (Å²) in [6, 6.07) is 12.3. The fraction of sp³-hybridized carbons (Fsp3) is 0.0833. The van der Waals surface area contributed by atoms with E-state index in [1.54, 1.807) is 43.8 Å². The van der Waals surface area contributed by atoms with Gasteiger partial charge in [0.1, 0.15) is 5.75 Å². The lowest BCUT2D eigenvalue weighted by molar-refractivity contribution is 0.414. The van der Waals surface area contributed by atoms with Crippen molar-refractivity contribution >= 4 is 12.6 Å². The molecule has 2 rings (SSSR count). The van der Waals surface area contributed by atoms with E-state index in [1.165, 1.54) is 0 Å². The van der Waals surface area contributed by atoms with Crippen LogP contribution in [0.2, 0.25) is 0 Å². The molecule has 2 aromatic rings. The van der Waals surface area contributed by atoms with E-state index in [9.17, 15) is 0 Å². The molecule has 0 aliphatic carbocycles. The fourth-order valence-corrected chi connectivity index (χ4v) is 1.09. The van der Waals surface area contributed by atoms with Crippen LogP contribution < -0.4 is 10.2 Å². The van der Waals surface area contributed by atoms with Crippen molar-refractivity contribution in [2.75, 3.05) is 7.11 Å². The Morgan fingerprint density at radius 2 is 1.59 bits per heavy atom. The molecule has 17 heavy (non-hydrogen) atoms. The van der Waals surface area contributed by atoms with Crippen molar-refractivity contribution in [3.8, 4) is 5.75 Å². The summed E-state index contributed by atoms with van der Waals surface area (Å²) in [5, 5.41) is 17.4. The molecule has 0 aliphatic rings. The molecule has 0 bridgehead atoms. The first-order valence-corrected chi connectivity index (χ1v) is 5.09. The van der Waals surface area contributed by atoms with Gasteiger partial charge in [0, 0.05) is 12.4 Å². The second kappa shape index (κ2) is 7.43. The van der Waals surface area contributed by atoms with Gasteiger partial charge < -0.3 is 14.8 Å². The van der Waals surface area contributed by atoms with Crippen LogP contribution in [0.4, 0.5) is 0 Å². The average molecular weight is 231 g/mol. The van der Waals surface area contributed by atoms with E-state index in [0.717, 1.165) is 0 Å². The highest BCUT2D eigenvalue weighted by Gasteiger charge is 2.09. The third-order valence-corrected chi connectivity index (χ3v) is 1.98. The Kier molecular flexibility index (Phi) is 5.78. The van der Waals surface area contributed by atoms with Crippen LogP contribution in [0.3, 0.4) is 0 Å². The molecule has 0 aliphatic heterocycles. The number of hydrogen-bond donors (Lipinski definition) is 2. The normalized spacial score (nSPS) is 8.88. The number of ether oxygens (including phenoxy) is 1. The van der Waals surface area contributed by atoms with E-state index in [4.69, 9.17) is 14.8 Å².